The van der Waals surface area contributed by atoms with E-state index in [1.807, 2.05) is 12.1 Å². The van der Waals surface area contributed by atoms with Gasteiger partial charge in [-0.25, -0.2) is 0 Å². The van der Waals surface area contributed by atoms with Crippen molar-refractivity contribution in [2.45, 2.75) is 0 Å². The highest BCUT2D eigenvalue weighted by molar-refractivity contribution is 6.23. The van der Waals surface area contributed by atoms with Gasteiger partial charge in [0, 0.05) is 38.3 Å². The van der Waals surface area contributed by atoms with Crippen molar-refractivity contribution in [3.8, 4) is 11.4 Å². The lowest BCUT2D eigenvalue weighted by atomic mass is 10.1. The van der Waals surface area contributed by atoms with Crippen LogP contribution in [0.15, 0.2) is 138 Å². The molecule has 0 unspecified atom stereocenters. The molecule has 0 fully saturated rings. The molecule has 0 spiro atoms. The van der Waals surface area contributed by atoms with Gasteiger partial charge < -0.3 is 13.6 Å². The minimum atomic E-state index is 0.923. The van der Waals surface area contributed by atoms with Gasteiger partial charge in [-0.15, -0.1) is 0 Å². The highest BCUT2D eigenvalue weighted by Crippen LogP contribution is 2.40. The van der Waals surface area contributed by atoms with Gasteiger partial charge in [0.1, 0.15) is 11.2 Å². The molecule has 182 valence electrons. The minimum Gasteiger partial charge on any atom is -0.455 e. The number of hydrogen-bond acceptors (Lipinski definition) is 1. The maximum atomic E-state index is 6.46. The van der Waals surface area contributed by atoms with Crippen LogP contribution in [0.1, 0.15) is 0 Å². The van der Waals surface area contributed by atoms with Crippen LogP contribution in [-0.2, 0) is 0 Å². The molecule has 0 bridgehead atoms. The van der Waals surface area contributed by atoms with Crippen molar-refractivity contribution in [2.24, 2.45) is 0 Å². The normalized spacial score (nSPS) is 12.1. The van der Waals surface area contributed by atoms with Crippen LogP contribution in [0.25, 0.3) is 76.9 Å². The zero-order chi connectivity index (χ0) is 25.5. The molecule has 0 aliphatic carbocycles. The standard InChI is InChI=1S/C36H22N2O/c1-5-13-30-25(9-1)26-10-2-6-14-31(26)37(30)23-17-19-24(20-18-23)38-32-15-7-3-12-29(32)35-33(38)22-21-28-27-11-4-8-16-34(27)39-36(28)35/h1-22H. The average molecular weight is 499 g/mol. The van der Waals surface area contributed by atoms with Crippen molar-refractivity contribution < 1.29 is 4.42 Å². The van der Waals surface area contributed by atoms with Crippen LogP contribution >= 0.6 is 0 Å². The lowest BCUT2D eigenvalue weighted by Crippen LogP contribution is -1.97. The second-order valence-electron chi connectivity index (χ2n) is 10.2. The lowest BCUT2D eigenvalue weighted by molar-refractivity contribution is 0.673. The summed E-state index contributed by atoms with van der Waals surface area (Å²) in [4.78, 5) is 0. The Balaban J connectivity index is 1.30. The van der Waals surface area contributed by atoms with Crippen molar-refractivity contribution in [2.75, 3.05) is 0 Å². The predicted octanol–water partition coefficient (Wildman–Crippen LogP) is 9.78. The van der Waals surface area contributed by atoms with Gasteiger partial charge in [0.2, 0.25) is 0 Å². The topological polar surface area (TPSA) is 23.0 Å². The predicted molar refractivity (Wildman–Crippen MR) is 162 cm³/mol. The molecular formula is C36H22N2O. The molecular weight excluding hydrogens is 476 g/mol. The Morgan fingerprint density at radius 2 is 0.846 bits per heavy atom. The smallest absolute Gasteiger partial charge is 0.145 e. The molecule has 0 saturated heterocycles. The number of aromatic nitrogens is 2. The Labute approximate surface area is 223 Å². The van der Waals surface area contributed by atoms with E-state index in [1.54, 1.807) is 0 Å². The van der Waals surface area contributed by atoms with E-state index in [0.29, 0.717) is 0 Å². The Hall–Kier alpha value is -5.28. The molecule has 9 rings (SSSR count). The summed E-state index contributed by atoms with van der Waals surface area (Å²) in [5, 5.41) is 7.21. The molecule has 0 aliphatic rings. The van der Waals surface area contributed by atoms with E-state index < -0.39 is 0 Å². The second kappa shape index (κ2) is 7.62. The molecule has 3 heteroatoms. The van der Waals surface area contributed by atoms with Gasteiger partial charge in [0.15, 0.2) is 0 Å². The van der Waals surface area contributed by atoms with Crippen molar-refractivity contribution in [1.29, 1.82) is 0 Å². The van der Waals surface area contributed by atoms with Gasteiger partial charge in [0.25, 0.3) is 0 Å². The van der Waals surface area contributed by atoms with Gasteiger partial charge in [-0.3, -0.25) is 0 Å². The number of fused-ring (bicyclic) bond motifs is 10. The van der Waals surface area contributed by atoms with Crippen LogP contribution in [0.4, 0.5) is 0 Å². The molecule has 0 saturated carbocycles. The third kappa shape index (κ3) is 2.76. The average Bonchev–Trinajstić information content (AvgIpc) is 3.65. The van der Waals surface area contributed by atoms with Gasteiger partial charge >= 0.3 is 0 Å². The van der Waals surface area contributed by atoms with Crippen LogP contribution in [0.3, 0.4) is 0 Å². The molecule has 0 amide bonds. The number of para-hydroxylation sites is 4. The first-order valence-electron chi connectivity index (χ1n) is 13.3. The highest BCUT2D eigenvalue weighted by Gasteiger charge is 2.18. The van der Waals surface area contributed by atoms with Crippen LogP contribution in [0, 0.1) is 0 Å². The molecule has 0 aliphatic heterocycles. The van der Waals surface area contributed by atoms with Gasteiger partial charge in [-0.1, -0.05) is 72.8 Å². The summed E-state index contributed by atoms with van der Waals surface area (Å²) < 4.78 is 11.2. The van der Waals surface area contributed by atoms with Crippen molar-refractivity contribution >= 4 is 65.6 Å². The SMILES string of the molecule is c1ccc2c(c1)oc1c2ccc2c1c1ccccc1n2-c1ccc(-n2c3ccccc3c3ccccc32)cc1. The third-order valence-corrected chi connectivity index (χ3v) is 8.13. The van der Waals surface area contributed by atoms with Crippen LogP contribution in [-0.4, -0.2) is 9.13 Å². The molecule has 3 nitrogen and oxygen atoms in total. The number of rotatable bonds is 2. The quantitative estimate of drug-likeness (QED) is 0.233. The lowest BCUT2D eigenvalue weighted by Gasteiger charge is -2.11. The summed E-state index contributed by atoms with van der Waals surface area (Å²) >= 11 is 0. The van der Waals surface area contributed by atoms with E-state index in [4.69, 9.17) is 4.42 Å². The molecule has 3 aromatic heterocycles. The summed E-state index contributed by atoms with van der Waals surface area (Å²) in [5.74, 6) is 0. The fourth-order valence-corrected chi connectivity index (χ4v) is 6.46. The van der Waals surface area contributed by atoms with E-state index in [-0.39, 0.29) is 0 Å². The molecule has 0 atom stereocenters. The number of nitrogens with zero attached hydrogens (tertiary/aromatic N) is 2. The monoisotopic (exact) mass is 498 g/mol. The Kier molecular flexibility index (Phi) is 4.05. The largest absolute Gasteiger partial charge is 0.455 e. The maximum absolute atomic E-state index is 6.46. The number of benzene rings is 6. The highest BCUT2D eigenvalue weighted by atomic mass is 16.3. The van der Waals surface area contributed by atoms with Gasteiger partial charge in [0.05, 0.1) is 27.5 Å². The second-order valence-corrected chi connectivity index (χ2v) is 10.2. The Morgan fingerprint density at radius 1 is 0.359 bits per heavy atom. The molecule has 9 aromatic rings. The Morgan fingerprint density at radius 3 is 1.49 bits per heavy atom. The van der Waals surface area contributed by atoms with E-state index in [0.717, 1.165) is 44.2 Å². The van der Waals surface area contributed by atoms with Gasteiger partial charge in [-0.05, 0) is 60.7 Å². The molecule has 39 heavy (non-hydrogen) atoms. The summed E-state index contributed by atoms with van der Waals surface area (Å²) in [6.45, 7) is 0. The first-order chi connectivity index (χ1) is 19.4. The Bertz CT molecular complexity index is 2330. The van der Waals surface area contributed by atoms with Crippen LogP contribution < -0.4 is 0 Å². The van der Waals surface area contributed by atoms with Crippen molar-refractivity contribution in [1.82, 2.24) is 9.13 Å². The van der Waals surface area contributed by atoms with Crippen molar-refractivity contribution in [3.05, 3.63) is 133 Å². The fraction of sp³-hybridized carbons (Fsp3) is 0. The minimum absolute atomic E-state index is 0.923. The first kappa shape index (κ1) is 20.7. The molecule has 0 radical (unpaired) electrons. The third-order valence-electron chi connectivity index (χ3n) is 8.13. The summed E-state index contributed by atoms with van der Waals surface area (Å²) in [6, 6.07) is 47.6. The van der Waals surface area contributed by atoms with Crippen LogP contribution in [0.2, 0.25) is 0 Å². The van der Waals surface area contributed by atoms with E-state index >= 15 is 0 Å². The molecule has 0 N–H and O–H groups in total. The molecule has 3 heterocycles. The van der Waals surface area contributed by atoms with E-state index in [2.05, 4.69) is 130 Å². The van der Waals surface area contributed by atoms with E-state index in [1.165, 1.54) is 32.7 Å². The maximum Gasteiger partial charge on any atom is 0.145 e. The summed E-state index contributed by atoms with van der Waals surface area (Å²) in [7, 11) is 0. The number of hydrogen-bond donors (Lipinski definition) is 0. The fourth-order valence-electron chi connectivity index (χ4n) is 6.46. The number of furan rings is 1. The molecule has 6 aromatic carbocycles. The summed E-state index contributed by atoms with van der Waals surface area (Å²) in [5.41, 5.74) is 8.90. The van der Waals surface area contributed by atoms with Crippen LogP contribution in [0.5, 0.6) is 0 Å². The summed E-state index contributed by atoms with van der Waals surface area (Å²) in [6.07, 6.45) is 0. The van der Waals surface area contributed by atoms with Crippen molar-refractivity contribution in [3.63, 3.8) is 0 Å². The van der Waals surface area contributed by atoms with Gasteiger partial charge in [-0.2, -0.15) is 0 Å². The zero-order valence-electron chi connectivity index (χ0n) is 21.0. The zero-order valence-corrected chi connectivity index (χ0v) is 21.0. The first-order valence-corrected chi connectivity index (χ1v) is 13.3. The van der Waals surface area contributed by atoms with E-state index in [9.17, 15) is 0 Å².